The Morgan fingerprint density at radius 2 is 1.55 bits per heavy atom. The number of rotatable bonds is 8. The van der Waals surface area contributed by atoms with Crippen molar-refractivity contribution in [2.45, 2.75) is 10.8 Å². The molecule has 0 aliphatic carbocycles. The molecule has 0 fully saturated rings. The van der Waals surface area contributed by atoms with E-state index in [1.165, 1.54) is 29.3 Å². The van der Waals surface area contributed by atoms with Gasteiger partial charge in [-0.25, -0.2) is 33.0 Å². The van der Waals surface area contributed by atoms with Crippen molar-refractivity contribution >= 4 is 55.1 Å². The van der Waals surface area contributed by atoms with Gasteiger partial charge in [-0.15, -0.1) is 0 Å². The zero-order valence-corrected chi connectivity index (χ0v) is 23.0. The number of halogens is 2. The van der Waals surface area contributed by atoms with Crippen LogP contribution in [0.3, 0.4) is 0 Å². The molecule has 0 saturated heterocycles. The highest BCUT2D eigenvalue weighted by molar-refractivity contribution is 7.90. The molecule has 1 atom stereocenters. The topological polar surface area (TPSA) is 146 Å². The zero-order valence-electron chi connectivity index (χ0n) is 19.8. The number of nitrogens with two attached hydrogens (primary N) is 1. The highest BCUT2D eigenvalue weighted by atomic mass is 35.5. The van der Waals surface area contributed by atoms with Gasteiger partial charge in [0.2, 0.25) is 5.96 Å². The predicted molar refractivity (Wildman–Crippen MR) is 149 cm³/mol. The Balaban J connectivity index is 1.71. The third-order valence-electron chi connectivity index (χ3n) is 5.53. The maximum absolute atomic E-state index is 13.2. The van der Waals surface area contributed by atoms with Gasteiger partial charge in [0.15, 0.2) is 0 Å². The van der Waals surface area contributed by atoms with Crippen LogP contribution < -0.4 is 14.6 Å². The van der Waals surface area contributed by atoms with E-state index >= 15 is 0 Å². The molecule has 0 unspecified atom stereocenters. The number of hydrazone groups is 1. The maximum atomic E-state index is 13.2. The summed E-state index contributed by atoms with van der Waals surface area (Å²) < 4.78 is 53.5. The minimum absolute atomic E-state index is 0.0297. The van der Waals surface area contributed by atoms with Crippen LogP contribution in [-0.2, 0) is 20.2 Å². The van der Waals surface area contributed by atoms with Crippen LogP contribution in [0.2, 0.25) is 10.0 Å². The lowest BCUT2D eigenvalue weighted by atomic mass is 9.91. The molecule has 0 aromatic heterocycles. The Bertz CT molecular complexity index is 1550. The lowest BCUT2D eigenvalue weighted by Crippen LogP contribution is -2.42. The molecule has 10 nitrogen and oxygen atoms in total. The first kappa shape index (κ1) is 28.0. The smallest absolute Gasteiger partial charge is 0.249 e. The van der Waals surface area contributed by atoms with Crippen LogP contribution >= 0.6 is 23.2 Å². The molecule has 200 valence electrons. The lowest BCUT2D eigenvalue weighted by molar-refractivity contribution is 0.460. The largest absolute Gasteiger partial charge is 0.274 e. The molecule has 38 heavy (non-hydrogen) atoms. The van der Waals surface area contributed by atoms with Crippen LogP contribution in [0.1, 0.15) is 17.0 Å². The fourth-order valence-corrected chi connectivity index (χ4v) is 5.42. The van der Waals surface area contributed by atoms with Crippen LogP contribution in [0, 0.1) is 0 Å². The third-order valence-corrected chi connectivity index (χ3v) is 7.98. The van der Waals surface area contributed by atoms with E-state index in [1.807, 2.05) is 42.5 Å². The third kappa shape index (κ3) is 7.31. The Morgan fingerprint density at radius 3 is 2.16 bits per heavy atom. The summed E-state index contributed by atoms with van der Waals surface area (Å²) >= 11 is 12.0. The number of sulfonamides is 1. The normalized spacial score (nSPS) is 16.4. The van der Waals surface area contributed by atoms with Crippen molar-refractivity contribution in [2.75, 3.05) is 19.6 Å². The van der Waals surface area contributed by atoms with Gasteiger partial charge < -0.3 is 0 Å². The van der Waals surface area contributed by atoms with Crippen molar-refractivity contribution in [3.63, 3.8) is 0 Å². The first-order valence-corrected chi connectivity index (χ1v) is 15.1. The molecule has 4 rings (SSSR count). The average Bonchev–Trinajstić information content (AvgIpc) is 3.32. The summed E-state index contributed by atoms with van der Waals surface area (Å²) in [6.07, 6.45) is 0. The molecule has 0 radical (unpaired) electrons. The van der Waals surface area contributed by atoms with Crippen LogP contribution in [0.5, 0.6) is 0 Å². The first-order chi connectivity index (χ1) is 18.0. The Morgan fingerprint density at radius 1 is 0.947 bits per heavy atom. The quantitative estimate of drug-likeness (QED) is 0.208. The monoisotopic (exact) mass is 594 g/mol. The summed E-state index contributed by atoms with van der Waals surface area (Å²) in [5.41, 5.74) is 2.47. The molecule has 3 aromatic rings. The van der Waals surface area contributed by atoms with Crippen molar-refractivity contribution in [1.29, 1.82) is 0 Å². The average molecular weight is 596 g/mol. The molecule has 1 heterocycles. The Kier molecular flexibility index (Phi) is 8.71. The van der Waals surface area contributed by atoms with Gasteiger partial charge in [-0.3, -0.25) is 0 Å². The van der Waals surface area contributed by atoms with Gasteiger partial charge in [0.05, 0.1) is 23.7 Å². The molecule has 0 amide bonds. The lowest BCUT2D eigenvalue weighted by Gasteiger charge is -2.20. The fraction of sp³-hybridized carbons (Fsp3) is 0.167. The summed E-state index contributed by atoms with van der Waals surface area (Å²) in [6.45, 7) is 0.0223. The number of guanidine groups is 1. The van der Waals surface area contributed by atoms with Crippen LogP contribution in [0.4, 0.5) is 0 Å². The van der Waals surface area contributed by atoms with E-state index in [2.05, 4.69) is 14.4 Å². The van der Waals surface area contributed by atoms with Crippen molar-refractivity contribution in [1.82, 2.24) is 14.5 Å². The first-order valence-electron chi connectivity index (χ1n) is 11.3. The number of hydrogen-bond donors (Lipinski definition) is 3. The van der Waals surface area contributed by atoms with Gasteiger partial charge in [0.1, 0.15) is 0 Å². The number of hydrogen-bond acceptors (Lipinski definition) is 6. The summed E-state index contributed by atoms with van der Waals surface area (Å²) in [5.74, 6) is -0.300. The SMILES string of the molecule is NS(=O)(=O)NCC/N=C(/NS(=O)(=O)c1ccc(Cl)cc1)N1C[C@H](c2ccccc2)C(c2ccc(Cl)cc2)=N1. The highest BCUT2D eigenvalue weighted by Crippen LogP contribution is 2.29. The second-order valence-electron chi connectivity index (χ2n) is 8.24. The van der Waals surface area contributed by atoms with Gasteiger partial charge in [-0.05, 0) is 47.5 Å². The van der Waals surface area contributed by atoms with E-state index in [0.29, 0.717) is 15.8 Å². The minimum atomic E-state index is -4.08. The molecule has 14 heteroatoms. The highest BCUT2D eigenvalue weighted by Gasteiger charge is 2.33. The van der Waals surface area contributed by atoms with Gasteiger partial charge in [0.25, 0.3) is 20.2 Å². The van der Waals surface area contributed by atoms with Crippen molar-refractivity contribution in [3.05, 3.63) is 100 Å². The summed E-state index contributed by atoms with van der Waals surface area (Å²) in [4.78, 5) is 4.29. The summed E-state index contributed by atoms with van der Waals surface area (Å²) in [7, 11) is -8.02. The molecule has 3 aromatic carbocycles. The van der Waals surface area contributed by atoms with Crippen molar-refractivity contribution < 1.29 is 16.8 Å². The molecule has 1 aliphatic rings. The predicted octanol–water partition coefficient (Wildman–Crippen LogP) is 2.92. The van der Waals surface area contributed by atoms with E-state index in [4.69, 9.17) is 33.4 Å². The Hall–Kier alpha value is -3.00. The number of aliphatic imine (C=N–C) groups is 1. The van der Waals surface area contributed by atoms with Crippen LogP contribution in [-0.4, -0.2) is 53.2 Å². The van der Waals surface area contributed by atoms with E-state index < -0.39 is 20.2 Å². The van der Waals surface area contributed by atoms with Gasteiger partial charge in [-0.1, -0.05) is 65.7 Å². The molecule has 0 bridgehead atoms. The van der Waals surface area contributed by atoms with Crippen LogP contribution in [0.15, 0.2) is 93.9 Å². The second kappa shape index (κ2) is 11.8. The van der Waals surface area contributed by atoms with E-state index in [9.17, 15) is 16.8 Å². The van der Waals surface area contributed by atoms with E-state index in [0.717, 1.165) is 11.1 Å². The van der Waals surface area contributed by atoms with Crippen molar-refractivity contribution in [2.24, 2.45) is 15.2 Å². The molecule has 0 saturated carbocycles. The summed E-state index contributed by atoms with van der Waals surface area (Å²) in [5, 5.41) is 12.1. The van der Waals surface area contributed by atoms with Gasteiger partial charge in [-0.2, -0.15) is 13.5 Å². The Labute approximate surface area is 231 Å². The number of nitrogens with zero attached hydrogens (tertiary/aromatic N) is 3. The minimum Gasteiger partial charge on any atom is -0.249 e. The molecule has 4 N–H and O–H groups in total. The zero-order chi connectivity index (χ0) is 27.3. The molecule has 1 aliphatic heterocycles. The standard InChI is InChI=1S/C24H24Cl2N6O4S2/c25-19-8-6-18(7-9-19)23-22(17-4-2-1-3-5-17)16-32(30-23)24(28-14-15-29-38(27,35)36)31-37(33,34)21-12-10-20(26)11-13-21/h1-13,22,29H,14-16H2,(H,28,31)(H2,27,35,36)/t22-/m1/s1. The molecular weight excluding hydrogens is 571 g/mol. The fourth-order valence-electron chi connectivity index (χ4n) is 3.77. The maximum Gasteiger partial charge on any atom is 0.274 e. The van der Waals surface area contributed by atoms with Gasteiger partial charge >= 0.3 is 0 Å². The molecule has 0 spiro atoms. The number of benzene rings is 3. The van der Waals surface area contributed by atoms with Crippen molar-refractivity contribution in [3.8, 4) is 0 Å². The van der Waals surface area contributed by atoms with Gasteiger partial charge in [0, 0.05) is 22.5 Å². The van der Waals surface area contributed by atoms with E-state index in [1.54, 1.807) is 12.1 Å². The van der Waals surface area contributed by atoms with E-state index in [-0.39, 0.29) is 36.4 Å². The van der Waals surface area contributed by atoms with Crippen LogP contribution in [0.25, 0.3) is 0 Å². The molecular formula is C24H24Cl2N6O4S2. The second-order valence-corrected chi connectivity index (χ2v) is 12.2. The summed E-state index contributed by atoms with van der Waals surface area (Å²) in [6, 6.07) is 22.5. The number of nitrogens with one attached hydrogen (secondary N) is 2.